The van der Waals surface area contributed by atoms with E-state index < -0.39 is 37.3 Å². The van der Waals surface area contributed by atoms with Gasteiger partial charge in [0, 0.05) is 43.8 Å². The van der Waals surface area contributed by atoms with Crippen LogP contribution in [0.15, 0.2) is 18.2 Å². The van der Waals surface area contributed by atoms with Gasteiger partial charge < -0.3 is 50.8 Å². The molecule has 8 N–H and O–H groups in total. The summed E-state index contributed by atoms with van der Waals surface area (Å²) in [6.07, 6.45) is -5.15. The predicted octanol–water partition coefficient (Wildman–Crippen LogP) is -0.299. The Labute approximate surface area is 246 Å². The molecule has 0 bridgehead atoms. The maximum atomic E-state index is 10.8. The zero-order chi connectivity index (χ0) is 30.8. The molecule has 1 aromatic heterocycles. The van der Waals surface area contributed by atoms with Gasteiger partial charge in [-0.2, -0.15) is 0 Å². The molecule has 1 fully saturated rings. The van der Waals surface area contributed by atoms with E-state index >= 15 is 0 Å². The Balaban J connectivity index is 1.79. The lowest BCUT2D eigenvalue weighted by Crippen LogP contribution is -2.60. The van der Waals surface area contributed by atoms with Crippen molar-refractivity contribution in [2.45, 2.75) is 89.6 Å². The van der Waals surface area contributed by atoms with Crippen LogP contribution in [-0.2, 0) is 22.5 Å². The first-order valence-electron chi connectivity index (χ1n) is 14.5. The van der Waals surface area contributed by atoms with E-state index in [1.54, 1.807) is 4.68 Å². The minimum absolute atomic E-state index is 0.0142. The molecule has 3 rings (SSSR count). The second kappa shape index (κ2) is 16.2. The molecular weight excluding hydrogens is 548 g/mol. The maximum Gasteiger partial charge on any atom is 0.239 e. The number of nitrogens with two attached hydrogens (primary N) is 1. The number of rotatable bonds is 17. The summed E-state index contributed by atoms with van der Waals surface area (Å²) in [5, 5.41) is 57.8. The molecule has 1 amide bonds. The first-order chi connectivity index (χ1) is 20.1. The van der Waals surface area contributed by atoms with E-state index in [1.165, 1.54) is 0 Å². The molecule has 0 spiro atoms. The third kappa shape index (κ3) is 8.86. The molecule has 1 aliphatic heterocycles. The van der Waals surface area contributed by atoms with Crippen LogP contribution in [-0.4, -0.2) is 105 Å². The predicted molar refractivity (Wildman–Crippen MR) is 153 cm³/mol. The summed E-state index contributed by atoms with van der Waals surface area (Å²) in [6, 6.07) is 5.83. The van der Waals surface area contributed by atoms with Gasteiger partial charge in [-0.15, -0.1) is 5.10 Å². The van der Waals surface area contributed by atoms with E-state index in [9.17, 15) is 30.3 Å². The maximum absolute atomic E-state index is 10.8. The summed E-state index contributed by atoms with van der Waals surface area (Å²) in [6.45, 7) is 7.66. The Morgan fingerprint density at radius 1 is 1.14 bits per heavy atom. The van der Waals surface area contributed by atoms with Gasteiger partial charge in [0.15, 0.2) is 0 Å². The molecule has 0 unspecified atom stereocenters. The van der Waals surface area contributed by atoms with Crippen molar-refractivity contribution in [1.29, 1.82) is 0 Å². The van der Waals surface area contributed by atoms with Crippen molar-refractivity contribution >= 4 is 5.91 Å². The highest BCUT2D eigenvalue weighted by atomic mass is 16.7. The summed E-state index contributed by atoms with van der Waals surface area (Å²) < 4.78 is 19.3. The number of aryl methyl sites for hydroxylation is 2. The lowest BCUT2D eigenvalue weighted by atomic mass is 9.96. The molecule has 1 aliphatic rings. The van der Waals surface area contributed by atoms with Crippen LogP contribution in [0, 0.1) is 6.92 Å². The fourth-order valence-corrected chi connectivity index (χ4v) is 4.93. The minimum Gasteiger partial charge on any atom is -0.494 e. The highest BCUT2D eigenvalue weighted by Gasteiger charge is 2.45. The molecule has 2 aromatic rings. The van der Waals surface area contributed by atoms with E-state index in [2.05, 4.69) is 10.4 Å². The van der Waals surface area contributed by atoms with Crippen LogP contribution in [0.2, 0.25) is 0 Å². The highest BCUT2D eigenvalue weighted by molar-refractivity contribution is 5.73. The molecular formula is C29H46N4O9. The standard InChI is InChI=1S/C29H46N4O9/c1-17(2)24-21(15-19-6-7-20(14-18(19)3)40-13-4-9-31-10-8-23(30)36)28(32-33(24)11-5-12-34)42-29-27(39)26(38)25(37)22(16-35)41-29/h6-7,14,17,22,25-27,29,31,34-35,37-39H,4-5,8-13,15-16H2,1-3H3,(H2,30,36)/t22-,25-,26+,27-,29+/m1/s1. The summed E-state index contributed by atoms with van der Waals surface area (Å²) in [7, 11) is 0. The average molecular weight is 595 g/mol. The second-order valence-electron chi connectivity index (χ2n) is 10.9. The van der Waals surface area contributed by atoms with Crippen LogP contribution in [0.4, 0.5) is 0 Å². The Kier molecular flexibility index (Phi) is 13.0. The van der Waals surface area contributed by atoms with Gasteiger partial charge in [0.25, 0.3) is 0 Å². The van der Waals surface area contributed by atoms with Crippen LogP contribution >= 0.6 is 0 Å². The topological polar surface area (TPSA) is 202 Å². The van der Waals surface area contributed by atoms with Crippen molar-refractivity contribution in [3.63, 3.8) is 0 Å². The van der Waals surface area contributed by atoms with Gasteiger partial charge in [-0.25, -0.2) is 0 Å². The van der Waals surface area contributed by atoms with Crippen LogP contribution in [0.25, 0.3) is 0 Å². The van der Waals surface area contributed by atoms with Crippen molar-refractivity contribution in [1.82, 2.24) is 15.1 Å². The van der Waals surface area contributed by atoms with E-state index in [1.807, 2.05) is 39.0 Å². The van der Waals surface area contributed by atoms with E-state index in [0.717, 1.165) is 34.6 Å². The molecule has 2 heterocycles. The van der Waals surface area contributed by atoms with E-state index in [-0.39, 0.29) is 24.3 Å². The molecule has 236 valence electrons. The first-order valence-corrected chi connectivity index (χ1v) is 14.5. The van der Waals surface area contributed by atoms with Gasteiger partial charge in [0.05, 0.1) is 13.2 Å². The Bertz CT molecular complexity index is 1140. The number of nitrogens with one attached hydrogen (secondary N) is 1. The zero-order valence-corrected chi connectivity index (χ0v) is 24.6. The molecule has 13 heteroatoms. The number of hydrogen-bond acceptors (Lipinski definition) is 11. The van der Waals surface area contributed by atoms with Crippen LogP contribution in [0.5, 0.6) is 11.6 Å². The number of aromatic nitrogens is 2. The van der Waals surface area contributed by atoms with E-state index in [0.29, 0.717) is 45.5 Å². The van der Waals surface area contributed by atoms with Crippen LogP contribution in [0.3, 0.4) is 0 Å². The smallest absolute Gasteiger partial charge is 0.239 e. The van der Waals surface area contributed by atoms with Crippen molar-refractivity contribution in [2.24, 2.45) is 5.73 Å². The number of benzene rings is 1. The highest BCUT2D eigenvalue weighted by Crippen LogP contribution is 2.34. The molecule has 1 saturated heterocycles. The minimum atomic E-state index is -1.58. The Morgan fingerprint density at radius 2 is 1.90 bits per heavy atom. The second-order valence-corrected chi connectivity index (χ2v) is 10.9. The molecule has 0 saturated carbocycles. The van der Waals surface area contributed by atoms with Crippen LogP contribution < -0.4 is 20.5 Å². The van der Waals surface area contributed by atoms with Gasteiger partial charge in [-0.1, -0.05) is 19.9 Å². The average Bonchev–Trinajstić information content (AvgIpc) is 3.29. The molecule has 0 aliphatic carbocycles. The van der Waals surface area contributed by atoms with Gasteiger partial charge in [0.2, 0.25) is 18.1 Å². The third-order valence-corrected chi connectivity index (χ3v) is 7.20. The van der Waals surface area contributed by atoms with Crippen LogP contribution in [0.1, 0.15) is 61.4 Å². The number of amides is 1. The van der Waals surface area contributed by atoms with Crippen molar-refractivity contribution in [2.75, 3.05) is 32.9 Å². The summed E-state index contributed by atoms with van der Waals surface area (Å²) >= 11 is 0. The van der Waals surface area contributed by atoms with E-state index in [4.69, 9.17) is 19.9 Å². The molecule has 0 radical (unpaired) electrons. The third-order valence-electron chi connectivity index (χ3n) is 7.20. The number of ether oxygens (including phenoxy) is 3. The van der Waals surface area contributed by atoms with Gasteiger partial charge in [-0.05, 0) is 55.5 Å². The largest absolute Gasteiger partial charge is 0.494 e. The first kappa shape index (κ1) is 33.7. The Morgan fingerprint density at radius 3 is 2.55 bits per heavy atom. The monoisotopic (exact) mass is 594 g/mol. The molecule has 1 aromatic carbocycles. The fraction of sp³-hybridized carbons (Fsp3) is 0.655. The molecule has 5 atom stereocenters. The molecule has 42 heavy (non-hydrogen) atoms. The number of aliphatic hydroxyl groups is 5. The normalized spacial score (nSPS) is 22.5. The number of carbonyl (C=O) groups is 1. The van der Waals surface area contributed by atoms with Crippen molar-refractivity contribution < 1.29 is 44.5 Å². The zero-order valence-electron chi connectivity index (χ0n) is 24.6. The summed E-state index contributed by atoms with van der Waals surface area (Å²) in [4.78, 5) is 10.8. The quantitative estimate of drug-likeness (QED) is 0.119. The van der Waals surface area contributed by atoms with Crippen molar-refractivity contribution in [3.05, 3.63) is 40.6 Å². The number of aliphatic hydroxyl groups excluding tert-OH is 5. The number of primary amides is 1. The number of carbonyl (C=O) groups excluding carboxylic acids is 1. The van der Waals surface area contributed by atoms with Gasteiger partial charge in [-0.3, -0.25) is 9.48 Å². The molecule has 13 nitrogen and oxygen atoms in total. The van der Waals surface area contributed by atoms with Gasteiger partial charge in [0.1, 0.15) is 30.2 Å². The SMILES string of the molecule is Cc1cc(OCCCNCCC(N)=O)ccc1Cc1c(O[C@@H]2O[C@H](CO)[C@@H](O)[C@H](O)[C@H]2O)nn(CCCO)c1C(C)C. The Hall–Kier alpha value is -2.78. The lowest BCUT2D eigenvalue weighted by Gasteiger charge is -2.39. The summed E-state index contributed by atoms with van der Waals surface area (Å²) in [5.41, 5.74) is 8.78. The number of nitrogens with zero attached hydrogens (tertiary/aromatic N) is 2. The fourth-order valence-electron chi connectivity index (χ4n) is 4.93. The summed E-state index contributed by atoms with van der Waals surface area (Å²) in [5.74, 6) is 0.635. The van der Waals surface area contributed by atoms with Crippen molar-refractivity contribution in [3.8, 4) is 11.6 Å². The lowest BCUT2D eigenvalue weighted by molar-refractivity contribution is -0.278. The van der Waals surface area contributed by atoms with Gasteiger partial charge >= 0.3 is 0 Å². The number of hydrogen-bond donors (Lipinski definition) is 7.